The number of fused-ring (bicyclic) bond motifs is 1. The first-order chi connectivity index (χ1) is 21.1. The zero-order valence-electron chi connectivity index (χ0n) is 24.6. The second-order valence-corrected chi connectivity index (χ2v) is 10.7. The highest BCUT2D eigenvalue weighted by atomic mass is 35.5. The van der Waals surface area contributed by atoms with E-state index in [1.807, 2.05) is 0 Å². The number of hydrogen-bond donors (Lipinski definition) is 2. The number of nitrogens with one attached hydrogen (secondary N) is 2. The average Bonchev–Trinajstić information content (AvgIpc) is 3.32. The Kier molecular flexibility index (Phi) is 13.1. The van der Waals surface area contributed by atoms with E-state index in [9.17, 15) is 14.4 Å². The Morgan fingerprint density at radius 2 is 1.78 bits per heavy atom. The van der Waals surface area contributed by atoms with E-state index in [1.54, 1.807) is 86.3 Å². The van der Waals surface area contributed by atoms with Gasteiger partial charge in [0.25, 0.3) is 5.91 Å². The van der Waals surface area contributed by atoms with Crippen LogP contribution in [0.1, 0.15) is 27.2 Å². The fraction of sp³-hybridized carbons (Fsp3) is 0.226. The Hall–Kier alpha value is -3.80. The van der Waals surface area contributed by atoms with Crippen LogP contribution in [-0.2, 0) is 20.9 Å². The van der Waals surface area contributed by atoms with Crippen molar-refractivity contribution in [1.82, 2.24) is 20.0 Å². The number of carbonyl (C=O) groups excluding carboxylic acids is 3. The molecular formula is C31H31Cl4N5O5. The fourth-order valence-corrected chi connectivity index (χ4v) is 4.91. The highest BCUT2D eigenvalue weighted by molar-refractivity contribution is 6.38. The largest absolute Gasteiger partial charge is 0.485 e. The first kappa shape index (κ1) is 35.7. The van der Waals surface area contributed by atoms with E-state index in [1.165, 1.54) is 11.0 Å². The summed E-state index contributed by atoms with van der Waals surface area (Å²) in [7, 11) is 3.11. The number of likely N-dealkylation sites (N-methyl/N-ethyl adjacent to an activating group) is 1. The molecule has 0 saturated heterocycles. The van der Waals surface area contributed by atoms with Gasteiger partial charge in [0.15, 0.2) is 11.4 Å². The molecule has 2 heterocycles. The van der Waals surface area contributed by atoms with Gasteiger partial charge >= 0.3 is 0 Å². The summed E-state index contributed by atoms with van der Waals surface area (Å²) in [5.41, 5.74) is 3.29. The van der Waals surface area contributed by atoms with E-state index < -0.39 is 11.8 Å². The molecule has 0 aliphatic rings. The smallest absolute Gasteiger partial charge is 0.251 e. The summed E-state index contributed by atoms with van der Waals surface area (Å²) in [4.78, 5) is 43.2. The van der Waals surface area contributed by atoms with Gasteiger partial charge in [0.1, 0.15) is 11.8 Å². The number of hydrogen-bond acceptors (Lipinski definition) is 6. The first-order valence-electron chi connectivity index (χ1n) is 13.4. The van der Waals surface area contributed by atoms with Gasteiger partial charge in [-0.05, 0) is 55.0 Å². The van der Waals surface area contributed by atoms with Gasteiger partial charge < -0.3 is 25.0 Å². The summed E-state index contributed by atoms with van der Waals surface area (Å²) in [6, 6.07) is 13.5. The molecule has 0 aliphatic carbocycles. The van der Waals surface area contributed by atoms with Crippen molar-refractivity contribution in [1.29, 1.82) is 0 Å². The summed E-state index contributed by atoms with van der Waals surface area (Å²) in [5.74, 6) is -0.600. The van der Waals surface area contributed by atoms with Gasteiger partial charge in [0.2, 0.25) is 11.8 Å². The molecule has 0 radical (unpaired) electrons. The molecule has 0 fully saturated rings. The number of pyridine rings is 1. The summed E-state index contributed by atoms with van der Waals surface area (Å²) in [6.07, 6.45) is 4.67. The fourth-order valence-electron chi connectivity index (χ4n) is 4.13. The van der Waals surface area contributed by atoms with Crippen molar-refractivity contribution in [3.8, 4) is 5.75 Å². The molecule has 14 heteroatoms. The van der Waals surface area contributed by atoms with Crippen molar-refractivity contribution >= 4 is 82.3 Å². The Labute approximate surface area is 281 Å². The molecule has 0 bridgehead atoms. The van der Waals surface area contributed by atoms with E-state index in [0.717, 1.165) is 0 Å². The van der Waals surface area contributed by atoms with Crippen LogP contribution >= 0.6 is 47.2 Å². The quantitative estimate of drug-likeness (QED) is 0.144. The van der Waals surface area contributed by atoms with Gasteiger partial charge in [0, 0.05) is 49.1 Å². The molecule has 10 nitrogen and oxygen atoms in total. The average molecular weight is 695 g/mol. The van der Waals surface area contributed by atoms with Crippen molar-refractivity contribution in [2.75, 3.05) is 38.8 Å². The topological polar surface area (TPSA) is 114 Å². The van der Waals surface area contributed by atoms with Crippen LogP contribution < -0.4 is 20.3 Å². The molecule has 0 spiro atoms. The maximum Gasteiger partial charge on any atom is 0.251 e. The Balaban J connectivity index is 0.00000552. The van der Waals surface area contributed by atoms with E-state index in [4.69, 9.17) is 44.3 Å². The second kappa shape index (κ2) is 16.5. The van der Waals surface area contributed by atoms with E-state index >= 15 is 0 Å². The zero-order chi connectivity index (χ0) is 31.8. The third-order valence-electron chi connectivity index (χ3n) is 6.59. The molecule has 0 unspecified atom stereocenters. The summed E-state index contributed by atoms with van der Waals surface area (Å²) < 4.78 is 12.6. The Bertz CT molecular complexity index is 1710. The highest BCUT2D eigenvalue weighted by Gasteiger charge is 2.20. The summed E-state index contributed by atoms with van der Waals surface area (Å²) >= 11 is 19.4. The lowest BCUT2D eigenvalue weighted by molar-refractivity contribution is -0.122. The normalized spacial score (nSPS) is 10.9. The van der Waals surface area contributed by atoms with Crippen molar-refractivity contribution in [2.45, 2.75) is 13.5 Å². The van der Waals surface area contributed by atoms with E-state index in [2.05, 4.69) is 15.6 Å². The van der Waals surface area contributed by atoms with Gasteiger partial charge in [-0.3, -0.25) is 18.8 Å². The van der Waals surface area contributed by atoms with Crippen LogP contribution in [0.25, 0.3) is 11.7 Å². The van der Waals surface area contributed by atoms with Gasteiger partial charge in [-0.15, -0.1) is 12.4 Å². The van der Waals surface area contributed by atoms with E-state index in [0.29, 0.717) is 62.8 Å². The molecule has 4 aromatic rings. The third kappa shape index (κ3) is 8.90. The standard InChI is InChI=1S/C31H30Cl3N5O5.ClH/c1-19-29(34)39-15-4-5-25(30(39)37-19)44-18-22-23(32)11-12-24(28(22)33)38(2)27(41)17-36-26(40)13-8-20-6-9-21(10-7-20)31(42)35-14-16-43-3;/h4-13,15H,14,16-18H2,1-3H3,(H,35,42)(H,36,40);1H. The Morgan fingerprint density at radius 3 is 2.49 bits per heavy atom. The molecule has 0 aliphatic heterocycles. The maximum absolute atomic E-state index is 12.9. The molecule has 0 saturated carbocycles. The van der Waals surface area contributed by atoms with Crippen LogP contribution in [0.4, 0.5) is 5.69 Å². The van der Waals surface area contributed by atoms with Gasteiger partial charge in [-0.25, -0.2) is 4.98 Å². The van der Waals surface area contributed by atoms with Crippen LogP contribution in [0.5, 0.6) is 5.75 Å². The number of carbonyl (C=O) groups is 3. The number of aryl methyl sites for hydroxylation is 1. The highest BCUT2D eigenvalue weighted by Crippen LogP contribution is 2.35. The lowest BCUT2D eigenvalue weighted by Crippen LogP contribution is -2.37. The Morgan fingerprint density at radius 1 is 1.04 bits per heavy atom. The molecular weight excluding hydrogens is 664 g/mol. The van der Waals surface area contributed by atoms with Crippen LogP contribution in [0.3, 0.4) is 0 Å². The molecule has 4 rings (SSSR count). The summed E-state index contributed by atoms with van der Waals surface area (Å²) in [5, 5.41) is 6.39. The SMILES string of the molecule is COCCNC(=O)c1ccc(C=CC(=O)NCC(=O)N(C)c2ccc(Cl)c(COc3cccn4c(Cl)c(C)nc34)c2Cl)cc1.Cl. The molecule has 2 aromatic heterocycles. The number of imidazole rings is 1. The minimum atomic E-state index is -0.465. The van der Waals surface area contributed by atoms with Crippen LogP contribution in [0.2, 0.25) is 15.2 Å². The predicted molar refractivity (Wildman–Crippen MR) is 179 cm³/mol. The number of ether oxygens (including phenoxy) is 2. The summed E-state index contributed by atoms with van der Waals surface area (Å²) in [6.45, 7) is 2.37. The zero-order valence-corrected chi connectivity index (χ0v) is 27.7. The van der Waals surface area contributed by atoms with Crippen molar-refractivity contribution < 1.29 is 23.9 Å². The molecule has 2 N–H and O–H groups in total. The number of nitrogens with zero attached hydrogens (tertiary/aromatic N) is 3. The van der Waals surface area contributed by atoms with Gasteiger partial charge in [-0.1, -0.05) is 46.9 Å². The number of anilines is 1. The van der Waals surface area contributed by atoms with E-state index in [-0.39, 0.29) is 36.5 Å². The van der Waals surface area contributed by atoms with Crippen molar-refractivity contribution in [2.24, 2.45) is 0 Å². The minimum Gasteiger partial charge on any atom is -0.485 e. The number of aromatic nitrogens is 2. The molecule has 3 amide bonds. The number of rotatable bonds is 12. The van der Waals surface area contributed by atoms with Crippen molar-refractivity contribution in [3.05, 3.63) is 98.4 Å². The number of amides is 3. The monoisotopic (exact) mass is 693 g/mol. The molecule has 45 heavy (non-hydrogen) atoms. The van der Waals surface area contributed by atoms with Gasteiger partial charge in [0.05, 0.1) is 29.6 Å². The molecule has 2 aromatic carbocycles. The predicted octanol–water partition coefficient (Wildman–Crippen LogP) is 5.77. The minimum absolute atomic E-state index is 0. The number of benzene rings is 2. The second-order valence-electron chi connectivity index (χ2n) is 9.58. The lowest BCUT2D eigenvalue weighted by Gasteiger charge is -2.21. The first-order valence-corrected chi connectivity index (χ1v) is 14.6. The molecule has 238 valence electrons. The van der Waals surface area contributed by atoms with Crippen molar-refractivity contribution in [3.63, 3.8) is 0 Å². The molecule has 0 atom stereocenters. The van der Waals surface area contributed by atoms with Crippen LogP contribution in [0, 0.1) is 6.92 Å². The van der Waals surface area contributed by atoms with Gasteiger partial charge in [-0.2, -0.15) is 0 Å². The number of methoxy groups -OCH3 is 1. The maximum atomic E-state index is 12.9. The number of halogens is 4. The third-order valence-corrected chi connectivity index (χ3v) is 7.83. The van der Waals surface area contributed by atoms with Crippen LogP contribution in [-0.4, -0.2) is 61.0 Å². The van der Waals surface area contributed by atoms with Crippen LogP contribution in [0.15, 0.2) is 60.8 Å². The lowest BCUT2D eigenvalue weighted by atomic mass is 10.1.